The van der Waals surface area contributed by atoms with Crippen LogP contribution >= 0.6 is 11.6 Å². The van der Waals surface area contributed by atoms with Gasteiger partial charge in [0.25, 0.3) is 5.91 Å². The Morgan fingerprint density at radius 1 is 0.852 bits per heavy atom. The lowest BCUT2D eigenvalue weighted by Gasteiger charge is -2.29. The summed E-state index contributed by atoms with van der Waals surface area (Å²) in [4.78, 5) is 27.8. The van der Waals surface area contributed by atoms with Gasteiger partial charge in [0.15, 0.2) is 0 Å². The number of carbonyl (C=O) groups excluding carboxylic acids is 2. The third kappa shape index (κ3) is 2.44. The van der Waals surface area contributed by atoms with Gasteiger partial charge in [-0.3, -0.25) is 9.59 Å². The van der Waals surface area contributed by atoms with Gasteiger partial charge in [0.2, 0.25) is 5.91 Å². The number of halogens is 2. The molecule has 3 saturated heterocycles. The van der Waals surface area contributed by atoms with Crippen molar-refractivity contribution in [2.24, 2.45) is 5.92 Å². The molecule has 5 nitrogen and oxygen atoms in total. The van der Waals surface area contributed by atoms with E-state index in [9.17, 15) is 14.0 Å². The molecule has 5 rings (SSSR count). The van der Waals surface area contributed by atoms with Crippen LogP contribution in [0.2, 0.25) is 5.02 Å². The van der Waals surface area contributed by atoms with E-state index in [1.165, 1.54) is 17.0 Å². The Bertz CT molecular complexity index is 918. The molecule has 2 amide bonds. The van der Waals surface area contributed by atoms with E-state index in [0.717, 1.165) is 25.1 Å². The molecule has 0 unspecified atom stereocenters. The van der Waals surface area contributed by atoms with E-state index in [1.54, 1.807) is 36.4 Å². The number of nitrogens with zero attached hydrogens (tertiary/aromatic N) is 3. The van der Waals surface area contributed by atoms with Crippen molar-refractivity contribution in [2.45, 2.75) is 18.5 Å². The quantitative estimate of drug-likeness (QED) is 0.745. The lowest BCUT2D eigenvalue weighted by molar-refractivity contribution is -0.126. The second-order valence-electron chi connectivity index (χ2n) is 7.14. The molecular weight excluding hydrogens is 369 g/mol. The Morgan fingerprint density at radius 3 is 2.15 bits per heavy atom. The predicted molar refractivity (Wildman–Crippen MR) is 98.4 cm³/mol. The van der Waals surface area contributed by atoms with Crippen molar-refractivity contribution in [2.75, 3.05) is 18.0 Å². The molecule has 3 fully saturated rings. The van der Waals surface area contributed by atoms with Crippen LogP contribution in [0, 0.1) is 11.7 Å². The van der Waals surface area contributed by atoms with Crippen LogP contribution in [0.1, 0.15) is 18.0 Å². The molecule has 0 N–H and O–H groups in total. The summed E-state index contributed by atoms with van der Waals surface area (Å²) >= 11 is 5.94. The highest BCUT2D eigenvalue weighted by Crippen LogP contribution is 2.48. The molecule has 0 radical (unpaired) electrons. The lowest BCUT2D eigenvalue weighted by Crippen LogP contribution is -2.44. The SMILES string of the molecule is O=C1[C@H]2[C@H](C(=O)N1c1ccc(Cl)cc1)N1CCCN1[C@H]2c1ccc(F)cc1. The van der Waals surface area contributed by atoms with Crippen molar-refractivity contribution in [3.8, 4) is 0 Å². The number of amides is 2. The van der Waals surface area contributed by atoms with Crippen LogP contribution < -0.4 is 4.90 Å². The maximum absolute atomic E-state index is 13.4. The molecule has 0 bridgehead atoms. The normalized spacial score (nSPS) is 28.1. The fraction of sp³-hybridized carbons (Fsp3) is 0.300. The van der Waals surface area contributed by atoms with Gasteiger partial charge in [-0.2, -0.15) is 0 Å². The van der Waals surface area contributed by atoms with Crippen molar-refractivity contribution in [1.82, 2.24) is 10.0 Å². The van der Waals surface area contributed by atoms with Crippen LogP contribution in [0.25, 0.3) is 0 Å². The minimum Gasteiger partial charge on any atom is -0.274 e. The highest BCUT2D eigenvalue weighted by Gasteiger charge is 2.62. The number of rotatable bonds is 2. The van der Waals surface area contributed by atoms with Crippen molar-refractivity contribution >= 4 is 29.1 Å². The summed E-state index contributed by atoms with van der Waals surface area (Å²) in [5.41, 5.74) is 1.39. The Labute approximate surface area is 160 Å². The highest BCUT2D eigenvalue weighted by atomic mass is 35.5. The smallest absolute Gasteiger partial charge is 0.253 e. The maximum Gasteiger partial charge on any atom is 0.253 e. The minimum absolute atomic E-state index is 0.205. The molecule has 0 saturated carbocycles. The number of hydrazine groups is 1. The van der Waals surface area contributed by atoms with Crippen LogP contribution in [0.4, 0.5) is 10.1 Å². The number of benzene rings is 2. The number of hydrogen-bond donors (Lipinski definition) is 0. The second-order valence-corrected chi connectivity index (χ2v) is 7.57. The van der Waals surface area contributed by atoms with E-state index < -0.39 is 12.0 Å². The zero-order valence-electron chi connectivity index (χ0n) is 14.4. The van der Waals surface area contributed by atoms with Crippen molar-refractivity contribution in [3.63, 3.8) is 0 Å². The number of carbonyl (C=O) groups is 2. The summed E-state index contributed by atoms with van der Waals surface area (Å²) in [7, 11) is 0. The predicted octanol–water partition coefficient (Wildman–Crippen LogP) is 3.01. The summed E-state index contributed by atoms with van der Waals surface area (Å²) in [6.07, 6.45) is 0.934. The molecule has 0 aliphatic carbocycles. The van der Waals surface area contributed by atoms with Crippen LogP contribution in [0.15, 0.2) is 48.5 Å². The highest BCUT2D eigenvalue weighted by molar-refractivity contribution is 6.31. The molecule has 27 heavy (non-hydrogen) atoms. The molecule has 3 aliphatic heterocycles. The molecule has 2 aromatic carbocycles. The van der Waals surface area contributed by atoms with Crippen LogP contribution in [-0.2, 0) is 9.59 Å². The summed E-state index contributed by atoms with van der Waals surface area (Å²) in [6.45, 7) is 1.53. The molecule has 3 atom stereocenters. The first kappa shape index (κ1) is 16.9. The Hall–Kier alpha value is -2.28. The molecule has 7 heteroatoms. The summed E-state index contributed by atoms with van der Waals surface area (Å²) in [6, 6.07) is 12.2. The topological polar surface area (TPSA) is 43.9 Å². The monoisotopic (exact) mass is 385 g/mol. The van der Waals surface area contributed by atoms with Crippen molar-refractivity contribution in [3.05, 3.63) is 64.9 Å². The Morgan fingerprint density at radius 2 is 1.48 bits per heavy atom. The van der Waals surface area contributed by atoms with E-state index >= 15 is 0 Å². The molecule has 2 aromatic rings. The van der Waals surface area contributed by atoms with Gasteiger partial charge in [-0.05, 0) is 48.4 Å². The van der Waals surface area contributed by atoms with Crippen molar-refractivity contribution < 1.29 is 14.0 Å². The first-order valence-electron chi connectivity index (χ1n) is 8.98. The van der Waals surface area contributed by atoms with Gasteiger partial charge in [-0.15, -0.1) is 0 Å². The second kappa shape index (κ2) is 6.12. The largest absolute Gasteiger partial charge is 0.274 e. The van der Waals surface area contributed by atoms with Crippen molar-refractivity contribution in [1.29, 1.82) is 0 Å². The summed E-state index contributed by atoms with van der Waals surface area (Å²) in [5.74, 6) is -1.23. The standard InChI is InChI=1S/C20H17ClFN3O2/c21-13-4-8-15(9-5-13)25-19(26)16-17(12-2-6-14(22)7-3-12)23-10-1-11-24(23)18(16)20(25)27/h2-9,16-18H,1,10-11H2/t16-,17+,18-/m1/s1. The third-order valence-corrected chi connectivity index (χ3v) is 5.95. The van der Waals surface area contributed by atoms with Gasteiger partial charge >= 0.3 is 0 Å². The van der Waals surface area contributed by atoms with E-state index in [-0.39, 0.29) is 23.7 Å². The first-order chi connectivity index (χ1) is 13.1. The number of fused-ring (bicyclic) bond motifs is 3. The van der Waals surface area contributed by atoms with Gasteiger partial charge in [0, 0.05) is 18.1 Å². The van der Waals surface area contributed by atoms with Crippen LogP contribution in [-0.4, -0.2) is 41.0 Å². The van der Waals surface area contributed by atoms with Crippen LogP contribution in [0.3, 0.4) is 0 Å². The van der Waals surface area contributed by atoms with Gasteiger partial charge in [0.05, 0.1) is 17.6 Å². The summed E-state index contributed by atoms with van der Waals surface area (Å²) < 4.78 is 13.4. The zero-order chi connectivity index (χ0) is 18.7. The molecule has 138 valence electrons. The van der Waals surface area contributed by atoms with Gasteiger partial charge in [-0.25, -0.2) is 19.3 Å². The maximum atomic E-state index is 13.4. The first-order valence-corrected chi connectivity index (χ1v) is 9.36. The average Bonchev–Trinajstić information content (AvgIpc) is 3.30. The van der Waals surface area contributed by atoms with E-state index in [1.807, 2.05) is 5.01 Å². The molecule has 3 heterocycles. The van der Waals surface area contributed by atoms with Crippen LogP contribution in [0.5, 0.6) is 0 Å². The fourth-order valence-electron chi connectivity index (χ4n) is 4.62. The number of hydrogen-bond acceptors (Lipinski definition) is 4. The van der Waals surface area contributed by atoms with E-state index in [0.29, 0.717) is 10.7 Å². The molecular formula is C20H17ClFN3O2. The van der Waals surface area contributed by atoms with E-state index in [2.05, 4.69) is 5.01 Å². The Balaban J connectivity index is 1.57. The number of imide groups is 1. The summed E-state index contributed by atoms with van der Waals surface area (Å²) in [5, 5.41) is 4.68. The minimum atomic E-state index is -0.509. The third-order valence-electron chi connectivity index (χ3n) is 5.70. The van der Waals surface area contributed by atoms with Gasteiger partial charge in [-0.1, -0.05) is 23.7 Å². The Kier molecular flexibility index (Phi) is 3.82. The molecule has 0 spiro atoms. The van der Waals surface area contributed by atoms with Gasteiger partial charge in [0.1, 0.15) is 11.9 Å². The molecule has 3 aliphatic rings. The fourth-order valence-corrected chi connectivity index (χ4v) is 4.74. The average molecular weight is 386 g/mol. The molecule has 0 aromatic heterocycles. The lowest BCUT2D eigenvalue weighted by atomic mass is 9.90. The number of anilines is 1. The van der Waals surface area contributed by atoms with Gasteiger partial charge < -0.3 is 0 Å². The van der Waals surface area contributed by atoms with E-state index in [4.69, 9.17) is 11.6 Å². The zero-order valence-corrected chi connectivity index (χ0v) is 15.1.